The zero-order valence-corrected chi connectivity index (χ0v) is 12.1. The molecule has 0 radical (unpaired) electrons. The van der Waals surface area contributed by atoms with Crippen molar-refractivity contribution in [2.24, 2.45) is 0 Å². The van der Waals surface area contributed by atoms with Crippen molar-refractivity contribution < 1.29 is 24.1 Å². The number of aromatic hydroxyl groups is 2. The van der Waals surface area contributed by atoms with E-state index in [4.69, 9.17) is 5.11 Å². The molecular formula is C13H19ClF2N2O3. The standard InChI is InChI=1S/C13H18F2N2O3.ClH/c14-13(15,8-18)12(17-6-4-16-5-7-17)9-2-1-3-10(19)11(9)20;/h1-3,12,16,18-20H,4-8H2;1H/t12-;/m0./s1. The van der Waals surface area contributed by atoms with Gasteiger partial charge in [0, 0.05) is 31.7 Å². The summed E-state index contributed by atoms with van der Waals surface area (Å²) in [6, 6.07) is 2.49. The lowest BCUT2D eigenvalue weighted by molar-refractivity contribution is -0.119. The molecule has 0 unspecified atom stereocenters. The smallest absolute Gasteiger partial charge is 0.290 e. The van der Waals surface area contributed by atoms with E-state index in [1.165, 1.54) is 23.1 Å². The zero-order chi connectivity index (χ0) is 14.8. The first-order valence-electron chi connectivity index (χ1n) is 6.41. The van der Waals surface area contributed by atoms with Gasteiger partial charge in [-0.1, -0.05) is 12.1 Å². The fraction of sp³-hybridized carbons (Fsp3) is 0.538. The van der Waals surface area contributed by atoms with Crippen molar-refractivity contribution in [2.45, 2.75) is 12.0 Å². The number of hydrogen-bond donors (Lipinski definition) is 4. The van der Waals surface area contributed by atoms with Gasteiger partial charge < -0.3 is 20.6 Å². The van der Waals surface area contributed by atoms with E-state index in [2.05, 4.69) is 5.32 Å². The molecule has 0 amide bonds. The van der Waals surface area contributed by atoms with E-state index >= 15 is 0 Å². The van der Waals surface area contributed by atoms with Gasteiger partial charge in [-0.05, 0) is 6.07 Å². The van der Waals surface area contributed by atoms with Gasteiger partial charge in [0.2, 0.25) is 0 Å². The summed E-state index contributed by atoms with van der Waals surface area (Å²) in [7, 11) is 0. The van der Waals surface area contributed by atoms with Crippen LogP contribution in [0.15, 0.2) is 18.2 Å². The molecule has 1 aromatic carbocycles. The van der Waals surface area contributed by atoms with Crippen molar-refractivity contribution in [3.05, 3.63) is 23.8 Å². The number of piperazine rings is 1. The summed E-state index contributed by atoms with van der Waals surface area (Å²) in [5, 5.41) is 31.4. The molecule has 21 heavy (non-hydrogen) atoms. The van der Waals surface area contributed by atoms with Crippen LogP contribution in [0, 0.1) is 0 Å². The molecule has 4 N–H and O–H groups in total. The first-order chi connectivity index (χ1) is 9.47. The number of hydrogen-bond acceptors (Lipinski definition) is 5. The Labute approximate surface area is 127 Å². The average Bonchev–Trinajstić information content (AvgIpc) is 2.45. The summed E-state index contributed by atoms with van der Waals surface area (Å²) in [6.07, 6.45) is 0. The monoisotopic (exact) mass is 324 g/mol. The number of benzene rings is 1. The van der Waals surface area contributed by atoms with Gasteiger partial charge in [-0.3, -0.25) is 4.90 Å². The van der Waals surface area contributed by atoms with Gasteiger partial charge in [-0.2, -0.15) is 0 Å². The molecule has 1 atom stereocenters. The second-order valence-corrected chi connectivity index (χ2v) is 4.82. The van der Waals surface area contributed by atoms with Crippen molar-refractivity contribution in [2.75, 3.05) is 32.8 Å². The summed E-state index contributed by atoms with van der Waals surface area (Å²) in [4.78, 5) is 1.50. The Hall–Kier alpha value is -1.15. The summed E-state index contributed by atoms with van der Waals surface area (Å²) < 4.78 is 28.2. The van der Waals surface area contributed by atoms with E-state index < -0.39 is 30.1 Å². The quantitative estimate of drug-likeness (QED) is 0.624. The Morgan fingerprint density at radius 1 is 1.24 bits per heavy atom. The maximum atomic E-state index is 14.1. The molecule has 1 fully saturated rings. The number of nitrogens with zero attached hydrogens (tertiary/aromatic N) is 1. The molecule has 0 spiro atoms. The van der Waals surface area contributed by atoms with Gasteiger partial charge in [0.25, 0.3) is 5.92 Å². The lowest BCUT2D eigenvalue weighted by Gasteiger charge is -2.38. The SMILES string of the molecule is Cl.OCC(F)(F)[C@H](c1cccc(O)c1O)N1CCNCC1. The fourth-order valence-corrected chi connectivity index (χ4v) is 2.49. The molecule has 1 aliphatic heterocycles. The van der Waals surface area contributed by atoms with Crippen LogP contribution in [0.2, 0.25) is 0 Å². The van der Waals surface area contributed by atoms with Gasteiger partial charge in [0.05, 0.1) is 0 Å². The average molecular weight is 325 g/mol. The second-order valence-electron chi connectivity index (χ2n) is 4.82. The highest BCUT2D eigenvalue weighted by Gasteiger charge is 2.45. The highest BCUT2D eigenvalue weighted by Crippen LogP contribution is 2.42. The van der Waals surface area contributed by atoms with E-state index in [1.807, 2.05) is 0 Å². The van der Waals surface area contributed by atoms with Crippen molar-refractivity contribution in [3.63, 3.8) is 0 Å². The fourth-order valence-electron chi connectivity index (χ4n) is 2.49. The van der Waals surface area contributed by atoms with Gasteiger partial charge in [0.1, 0.15) is 12.6 Å². The minimum absolute atomic E-state index is 0. The van der Waals surface area contributed by atoms with Crippen molar-refractivity contribution in [1.29, 1.82) is 0 Å². The second kappa shape index (κ2) is 7.22. The van der Waals surface area contributed by atoms with Crippen LogP contribution in [0.4, 0.5) is 8.78 Å². The third-order valence-electron chi connectivity index (χ3n) is 3.47. The molecule has 2 rings (SSSR count). The van der Waals surface area contributed by atoms with Crippen LogP contribution in [-0.4, -0.2) is 58.9 Å². The largest absolute Gasteiger partial charge is 0.504 e. The minimum Gasteiger partial charge on any atom is -0.504 e. The Balaban J connectivity index is 0.00000220. The van der Waals surface area contributed by atoms with Crippen LogP contribution in [0.25, 0.3) is 0 Å². The minimum atomic E-state index is -3.41. The Morgan fingerprint density at radius 2 is 1.86 bits per heavy atom. The van der Waals surface area contributed by atoms with Crippen LogP contribution in [0.3, 0.4) is 0 Å². The van der Waals surface area contributed by atoms with Crippen LogP contribution in [0.5, 0.6) is 11.5 Å². The van der Waals surface area contributed by atoms with Crippen LogP contribution in [-0.2, 0) is 0 Å². The maximum absolute atomic E-state index is 14.1. The molecule has 0 saturated carbocycles. The van der Waals surface area contributed by atoms with Gasteiger partial charge in [-0.15, -0.1) is 12.4 Å². The summed E-state index contributed by atoms with van der Waals surface area (Å²) in [5.74, 6) is -4.43. The number of phenols is 2. The predicted octanol–water partition coefficient (Wildman–Crippen LogP) is 1.09. The molecule has 1 heterocycles. The number of phenolic OH excluding ortho intramolecular Hbond substituents is 2. The summed E-state index contributed by atoms with van der Waals surface area (Å²) >= 11 is 0. The highest BCUT2D eigenvalue weighted by molar-refractivity contribution is 5.85. The Bertz CT molecular complexity index is 471. The predicted molar refractivity (Wildman–Crippen MR) is 76.2 cm³/mol. The van der Waals surface area contributed by atoms with E-state index in [0.29, 0.717) is 26.2 Å². The van der Waals surface area contributed by atoms with E-state index in [9.17, 15) is 19.0 Å². The molecule has 1 saturated heterocycles. The molecule has 8 heteroatoms. The van der Waals surface area contributed by atoms with Crippen LogP contribution < -0.4 is 5.32 Å². The van der Waals surface area contributed by atoms with Gasteiger partial charge in [0.15, 0.2) is 11.5 Å². The van der Waals surface area contributed by atoms with Crippen molar-refractivity contribution in [3.8, 4) is 11.5 Å². The molecule has 1 aliphatic rings. The third kappa shape index (κ3) is 3.74. The molecule has 1 aromatic rings. The van der Waals surface area contributed by atoms with E-state index in [0.717, 1.165) is 0 Å². The van der Waals surface area contributed by atoms with Crippen molar-refractivity contribution in [1.82, 2.24) is 10.2 Å². The lowest BCUT2D eigenvalue weighted by atomic mass is 9.97. The number of aliphatic hydroxyl groups is 1. The van der Waals surface area contributed by atoms with Crippen LogP contribution in [0.1, 0.15) is 11.6 Å². The zero-order valence-electron chi connectivity index (χ0n) is 11.3. The number of rotatable bonds is 4. The Morgan fingerprint density at radius 3 is 2.43 bits per heavy atom. The molecule has 0 bridgehead atoms. The number of alkyl halides is 2. The van der Waals surface area contributed by atoms with E-state index in [-0.39, 0.29) is 18.0 Å². The number of aliphatic hydroxyl groups excluding tert-OH is 1. The van der Waals surface area contributed by atoms with Crippen molar-refractivity contribution >= 4 is 12.4 Å². The van der Waals surface area contributed by atoms with Gasteiger partial charge >= 0.3 is 0 Å². The lowest BCUT2D eigenvalue weighted by Crippen LogP contribution is -2.51. The molecule has 0 aliphatic carbocycles. The number of para-hydroxylation sites is 1. The molecule has 5 nitrogen and oxygen atoms in total. The van der Waals surface area contributed by atoms with Gasteiger partial charge in [-0.25, -0.2) is 8.78 Å². The third-order valence-corrected chi connectivity index (χ3v) is 3.47. The normalized spacial score (nSPS) is 18.0. The molecule has 120 valence electrons. The summed E-state index contributed by atoms with van der Waals surface area (Å²) in [5.41, 5.74) is -0.0778. The highest BCUT2D eigenvalue weighted by atomic mass is 35.5. The first kappa shape index (κ1) is 17.9. The summed E-state index contributed by atoms with van der Waals surface area (Å²) in [6.45, 7) is 0.524. The topological polar surface area (TPSA) is 76.0 Å². The Kier molecular flexibility index (Phi) is 6.15. The molecular weight excluding hydrogens is 306 g/mol. The first-order valence-corrected chi connectivity index (χ1v) is 6.41. The van der Waals surface area contributed by atoms with Crippen LogP contribution >= 0.6 is 12.4 Å². The van der Waals surface area contributed by atoms with E-state index in [1.54, 1.807) is 0 Å². The number of nitrogens with one attached hydrogen (secondary N) is 1. The molecule has 0 aromatic heterocycles. The number of halogens is 3. The maximum Gasteiger partial charge on any atom is 0.290 e.